The predicted molar refractivity (Wildman–Crippen MR) is 136 cm³/mol. The molecule has 0 N–H and O–H groups in total. The molecule has 0 fully saturated rings. The zero-order chi connectivity index (χ0) is 38.8. The maximum atomic E-state index is 13.9. The Morgan fingerprint density at radius 1 is 0.490 bits per heavy atom. The Morgan fingerprint density at radius 2 is 0.857 bits per heavy atom. The van der Waals surface area contributed by atoms with Crippen LogP contribution >= 0.6 is 0 Å². The van der Waals surface area contributed by atoms with E-state index in [1.807, 2.05) is 43.4 Å². The van der Waals surface area contributed by atoms with Crippen LogP contribution in [0.1, 0.15) is 71.1 Å². The molecule has 0 unspecified atom stereocenters. The van der Waals surface area contributed by atoms with Gasteiger partial charge in [0.15, 0.2) is 6.67 Å². The molecule has 0 aliphatic rings. The number of halogens is 19. The van der Waals surface area contributed by atoms with Crippen molar-refractivity contribution >= 4 is 5.97 Å². The molecule has 0 bridgehead atoms. The second kappa shape index (κ2) is 17.0. The van der Waals surface area contributed by atoms with Crippen LogP contribution in [0.15, 0.2) is 36.5 Å². The molecule has 0 saturated heterocycles. The Labute approximate surface area is 267 Å². The molecule has 0 radical (unpaired) electrons. The number of hydrogen-bond donors (Lipinski definition) is 0. The maximum absolute atomic E-state index is 13.9. The highest BCUT2D eigenvalue weighted by molar-refractivity contribution is 5.69. The van der Waals surface area contributed by atoms with Gasteiger partial charge in [-0.05, 0) is 38.5 Å². The summed E-state index contributed by atoms with van der Waals surface area (Å²) in [4.78, 5) is 11.5. The lowest BCUT2D eigenvalue weighted by Gasteiger charge is -2.43. The van der Waals surface area contributed by atoms with Gasteiger partial charge < -0.3 is 4.74 Å². The fourth-order valence-electron chi connectivity index (χ4n) is 3.63. The van der Waals surface area contributed by atoms with Crippen molar-refractivity contribution in [2.24, 2.45) is 0 Å². The zero-order valence-electron chi connectivity index (χ0n) is 25.2. The molecule has 0 saturated carbocycles. The van der Waals surface area contributed by atoms with Gasteiger partial charge in [0.25, 0.3) is 0 Å². The molecule has 0 amide bonds. The van der Waals surface area contributed by atoms with Gasteiger partial charge in [-0.2, -0.15) is 79.0 Å². The highest BCUT2D eigenvalue weighted by Crippen LogP contribution is 2.65. The molecule has 0 rings (SSSR count). The van der Waals surface area contributed by atoms with Crippen molar-refractivity contribution in [3.8, 4) is 0 Å². The van der Waals surface area contributed by atoms with Crippen LogP contribution in [0.5, 0.6) is 0 Å². The summed E-state index contributed by atoms with van der Waals surface area (Å²) >= 11 is 0. The first-order chi connectivity index (χ1) is 22.0. The van der Waals surface area contributed by atoms with E-state index in [2.05, 4.69) is 4.74 Å². The van der Waals surface area contributed by atoms with Crippen molar-refractivity contribution in [2.75, 3.05) is 6.67 Å². The van der Waals surface area contributed by atoms with Crippen molar-refractivity contribution in [3.63, 3.8) is 0 Å². The molecular formula is C28H31F19O2. The molecule has 0 aromatic rings. The number of alkyl halides is 19. The average Bonchev–Trinajstić information content (AvgIpc) is 2.97. The minimum Gasteiger partial charge on any atom is -0.396 e. The number of esters is 1. The second-order valence-electron chi connectivity index (χ2n) is 10.4. The molecule has 0 aromatic carbocycles. The summed E-state index contributed by atoms with van der Waals surface area (Å²) < 4.78 is 260. The molecular weight excluding hydrogens is 729 g/mol. The topological polar surface area (TPSA) is 26.3 Å². The Balaban J connectivity index is 5.46. The number of carbonyl (C=O) groups excluding carboxylic acids is 1. The van der Waals surface area contributed by atoms with Crippen LogP contribution < -0.4 is 0 Å². The fourth-order valence-corrected chi connectivity index (χ4v) is 3.63. The summed E-state index contributed by atoms with van der Waals surface area (Å²) in [5.41, 5.74) is 0. The van der Waals surface area contributed by atoms with Crippen LogP contribution in [-0.4, -0.2) is 66.1 Å². The van der Waals surface area contributed by atoms with Crippen LogP contribution in [0.4, 0.5) is 83.4 Å². The number of hydrogen-bond acceptors (Lipinski definition) is 2. The monoisotopic (exact) mass is 760 g/mol. The quantitative estimate of drug-likeness (QED) is 0.0449. The van der Waals surface area contributed by atoms with E-state index in [9.17, 15) is 88.2 Å². The van der Waals surface area contributed by atoms with Crippen LogP contribution in [0, 0.1) is 0 Å². The number of ether oxygens (including phenoxy) is 1. The van der Waals surface area contributed by atoms with Gasteiger partial charge in [-0.25, -0.2) is 4.39 Å². The van der Waals surface area contributed by atoms with Crippen LogP contribution in [0.2, 0.25) is 0 Å². The third-order valence-electron chi connectivity index (χ3n) is 6.63. The van der Waals surface area contributed by atoms with E-state index < -0.39 is 79.0 Å². The normalized spacial score (nSPS) is 15.3. The van der Waals surface area contributed by atoms with Gasteiger partial charge in [-0.1, -0.05) is 62.6 Å². The van der Waals surface area contributed by atoms with Crippen molar-refractivity contribution < 1.29 is 92.9 Å². The number of unbranched alkanes of at least 4 members (excludes halogenated alkanes) is 5. The number of carbonyl (C=O) groups is 1. The first-order valence-corrected chi connectivity index (χ1v) is 14.1. The average molecular weight is 761 g/mol. The van der Waals surface area contributed by atoms with E-state index in [0.717, 1.165) is 12.8 Å². The summed E-state index contributed by atoms with van der Waals surface area (Å²) in [6.45, 7) is -2.07. The second-order valence-corrected chi connectivity index (χ2v) is 10.4. The lowest BCUT2D eigenvalue weighted by molar-refractivity contribution is -0.474. The van der Waals surface area contributed by atoms with Gasteiger partial charge in [0.05, 0.1) is 0 Å². The van der Waals surface area contributed by atoms with Gasteiger partial charge in [-0.3, -0.25) is 4.79 Å². The third-order valence-corrected chi connectivity index (χ3v) is 6.63. The fraction of sp³-hybridized carbons (Fsp3) is 0.750. The van der Waals surface area contributed by atoms with E-state index in [4.69, 9.17) is 0 Å². The molecule has 0 aromatic heterocycles. The van der Waals surface area contributed by atoms with E-state index >= 15 is 0 Å². The van der Waals surface area contributed by atoms with E-state index in [-0.39, 0.29) is 12.8 Å². The Morgan fingerprint density at radius 3 is 1.31 bits per heavy atom. The largest absolute Gasteiger partial charge is 0.473 e. The van der Waals surface area contributed by atoms with Crippen LogP contribution in [-0.2, 0) is 9.53 Å². The SMILES string of the molecule is CC/C=C\C/C=C\C/C=C\CCCCCCCC(=O)OC(F)(F)C(F)(F)C(F)(F)C(F)(F)C(F)(F)C(F)(F)C(F)(F)C(F)(F)C(F)(F)CF. The molecule has 49 heavy (non-hydrogen) atoms. The smallest absolute Gasteiger partial charge is 0.396 e. The Bertz CT molecular complexity index is 1130. The highest BCUT2D eigenvalue weighted by atomic mass is 19.4. The number of allylic oxidation sites excluding steroid dienone is 6. The molecule has 0 aliphatic heterocycles. The van der Waals surface area contributed by atoms with Gasteiger partial charge in [0.1, 0.15) is 0 Å². The van der Waals surface area contributed by atoms with Crippen LogP contribution in [0.3, 0.4) is 0 Å². The minimum atomic E-state index is -8.98. The summed E-state index contributed by atoms with van der Waals surface area (Å²) in [5.74, 6) is -69.9. The Kier molecular flexibility index (Phi) is 16.1. The lowest BCUT2D eigenvalue weighted by Crippen LogP contribution is -2.76. The van der Waals surface area contributed by atoms with Gasteiger partial charge in [-0.15, -0.1) is 0 Å². The number of rotatable bonds is 23. The first-order valence-electron chi connectivity index (χ1n) is 14.1. The molecule has 0 spiro atoms. The lowest BCUT2D eigenvalue weighted by atomic mass is 9.87. The molecule has 0 atom stereocenters. The summed E-state index contributed by atoms with van der Waals surface area (Å²) in [6.07, 6.45) is 6.77. The van der Waals surface area contributed by atoms with Crippen molar-refractivity contribution in [1.82, 2.24) is 0 Å². The zero-order valence-corrected chi connectivity index (χ0v) is 25.2. The van der Waals surface area contributed by atoms with Crippen molar-refractivity contribution in [1.29, 1.82) is 0 Å². The molecule has 288 valence electrons. The maximum Gasteiger partial charge on any atom is 0.473 e. The van der Waals surface area contributed by atoms with Crippen molar-refractivity contribution in [3.05, 3.63) is 36.5 Å². The molecule has 0 heterocycles. The van der Waals surface area contributed by atoms with Crippen molar-refractivity contribution in [2.45, 2.75) is 125 Å². The highest BCUT2D eigenvalue weighted by Gasteiger charge is 2.97. The van der Waals surface area contributed by atoms with E-state index in [1.165, 1.54) is 0 Å². The van der Waals surface area contributed by atoms with Gasteiger partial charge >= 0.3 is 59.5 Å². The summed E-state index contributed by atoms with van der Waals surface area (Å²) in [7, 11) is 0. The summed E-state index contributed by atoms with van der Waals surface area (Å²) in [5, 5.41) is 0. The molecule has 0 aliphatic carbocycles. The standard InChI is InChI=1S/C28H31F19O2/c1-2-3-4-5-6-7-8-9-10-11-12-13-14-15-16-17-19(48)49-28(46,47)27(44,45)26(42,43)25(40,41)24(38,39)23(36,37)22(34,35)21(32,33)20(30,31)18-29/h3-4,6-7,9-10H,2,5,8,11-18H2,1H3/b4-3-,7-6-,10-9-. The molecule has 21 heteroatoms. The van der Waals surface area contributed by atoms with Crippen LogP contribution in [0.25, 0.3) is 0 Å². The van der Waals surface area contributed by atoms with E-state index in [1.54, 1.807) is 0 Å². The first kappa shape index (κ1) is 46.4. The predicted octanol–water partition coefficient (Wildman–Crippen LogP) is 11.8. The minimum absolute atomic E-state index is 0.00930. The molecule has 2 nitrogen and oxygen atoms in total. The van der Waals surface area contributed by atoms with E-state index in [0.29, 0.717) is 25.7 Å². The van der Waals surface area contributed by atoms with Gasteiger partial charge in [0.2, 0.25) is 0 Å². The Hall–Kier alpha value is -2.64. The summed E-state index contributed by atoms with van der Waals surface area (Å²) in [6, 6.07) is 0. The third kappa shape index (κ3) is 9.58. The van der Waals surface area contributed by atoms with Gasteiger partial charge in [0, 0.05) is 6.42 Å².